The van der Waals surface area contributed by atoms with Crippen LogP contribution in [0, 0.1) is 0 Å². The highest BCUT2D eigenvalue weighted by molar-refractivity contribution is 9.10. The number of halogens is 1. The van der Waals surface area contributed by atoms with E-state index in [-0.39, 0.29) is 23.3 Å². The summed E-state index contributed by atoms with van der Waals surface area (Å²) >= 11 is 3.39. The number of hydrogen-bond donors (Lipinski definition) is 0. The lowest BCUT2D eigenvalue weighted by atomic mass is 10.1. The second-order valence-corrected chi connectivity index (χ2v) is 5.69. The zero-order chi connectivity index (χ0) is 20.0. The molecule has 2 aromatic heterocycles. The fourth-order valence-corrected chi connectivity index (χ4v) is 2.51. The maximum Gasteiger partial charge on any atom is 0.163 e. The largest absolute Gasteiger partial charge is 0.236 e. The highest BCUT2D eigenvalue weighted by atomic mass is 79.9. The van der Waals surface area contributed by atoms with Crippen LogP contribution >= 0.6 is 15.9 Å². The molecule has 0 amide bonds. The molecule has 2 aromatic carbocycles. The summed E-state index contributed by atoms with van der Waals surface area (Å²) in [5.74, 6) is 0.362. The van der Waals surface area contributed by atoms with Crippen LogP contribution in [0.5, 0.6) is 0 Å². The van der Waals surface area contributed by atoms with Crippen LogP contribution in [0.1, 0.15) is 6.85 Å². The van der Waals surface area contributed by atoms with Crippen molar-refractivity contribution < 1.29 is 6.85 Å². The molecule has 0 aliphatic heterocycles. The highest BCUT2D eigenvalue weighted by Gasteiger charge is 2.11. The van der Waals surface area contributed by atoms with E-state index in [4.69, 9.17) is 6.85 Å². The third-order valence-corrected chi connectivity index (χ3v) is 3.84. The molecule has 0 spiro atoms. The SMILES string of the molecule is [2H]c1c([2H])c([2H])c(-c2nc(-c3ccc(Br)cc3)nc3ncccc23)c([2H])c1[2H]. The predicted molar refractivity (Wildman–Crippen MR) is 95.9 cm³/mol. The van der Waals surface area contributed by atoms with Gasteiger partial charge in [0.05, 0.1) is 12.5 Å². The second kappa shape index (κ2) is 5.89. The lowest BCUT2D eigenvalue weighted by molar-refractivity contribution is 1.19. The minimum atomic E-state index is -0.441. The molecule has 2 heterocycles. The molecule has 0 saturated heterocycles. The van der Waals surface area contributed by atoms with E-state index in [9.17, 15) is 0 Å². The average Bonchev–Trinajstić information content (AvgIpc) is 2.71. The number of pyridine rings is 1. The Morgan fingerprint density at radius 1 is 0.870 bits per heavy atom. The maximum atomic E-state index is 8.29. The summed E-state index contributed by atoms with van der Waals surface area (Å²) in [5, 5.41) is 0.516. The Hall–Kier alpha value is -2.59. The van der Waals surface area contributed by atoms with Gasteiger partial charge in [0.25, 0.3) is 0 Å². The third-order valence-electron chi connectivity index (χ3n) is 3.31. The number of nitrogens with zero attached hydrogens (tertiary/aromatic N) is 3. The lowest BCUT2D eigenvalue weighted by Gasteiger charge is -2.08. The fraction of sp³-hybridized carbons (Fsp3) is 0. The van der Waals surface area contributed by atoms with E-state index in [0.717, 1.165) is 10.0 Å². The molecule has 0 aliphatic rings. The van der Waals surface area contributed by atoms with Gasteiger partial charge in [0, 0.05) is 27.2 Å². The van der Waals surface area contributed by atoms with Gasteiger partial charge < -0.3 is 0 Å². The Labute approximate surface area is 149 Å². The van der Waals surface area contributed by atoms with Gasteiger partial charge in [-0.05, 0) is 24.3 Å². The van der Waals surface area contributed by atoms with E-state index < -0.39 is 18.1 Å². The molecule has 4 heteroatoms. The molecule has 23 heavy (non-hydrogen) atoms. The van der Waals surface area contributed by atoms with Gasteiger partial charge in [0.15, 0.2) is 11.5 Å². The number of rotatable bonds is 2. The van der Waals surface area contributed by atoms with Crippen LogP contribution in [0.3, 0.4) is 0 Å². The topological polar surface area (TPSA) is 38.7 Å². The summed E-state index contributed by atoms with van der Waals surface area (Å²) in [4.78, 5) is 13.3. The van der Waals surface area contributed by atoms with Crippen molar-refractivity contribution in [2.45, 2.75) is 0 Å². The first kappa shape index (κ1) is 9.53. The molecular weight excluding hydrogens is 350 g/mol. The summed E-state index contributed by atoms with van der Waals surface area (Å²) < 4.78 is 41.2. The van der Waals surface area contributed by atoms with Crippen molar-refractivity contribution >= 4 is 27.0 Å². The maximum absolute atomic E-state index is 8.29. The molecule has 0 bridgehead atoms. The van der Waals surface area contributed by atoms with Crippen molar-refractivity contribution in [3.8, 4) is 22.6 Å². The zero-order valence-electron chi connectivity index (χ0n) is 16.8. The average molecular weight is 367 g/mol. The Morgan fingerprint density at radius 3 is 2.43 bits per heavy atom. The van der Waals surface area contributed by atoms with Gasteiger partial charge in [0.2, 0.25) is 0 Å². The summed E-state index contributed by atoms with van der Waals surface area (Å²) in [6, 6.07) is 8.93. The fourth-order valence-electron chi connectivity index (χ4n) is 2.25. The molecule has 0 saturated carbocycles. The monoisotopic (exact) mass is 366 g/mol. The van der Waals surface area contributed by atoms with Gasteiger partial charge >= 0.3 is 0 Å². The third kappa shape index (κ3) is 2.73. The predicted octanol–water partition coefficient (Wildman–Crippen LogP) is 5.12. The lowest BCUT2D eigenvalue weighted by Crippen LogP contribution is -1.96. The molecule has 110 valence electrons. The number of hydrogen-bond acceptors (Lipinski definition) is 3. The minimum absolute atomic E-state index is 0.0322. The van der Waals surface area contributed by atoms with Crippen molar-refractivity contribution in [1.82, 2.24) is 15.0 Å². The van der Waals surface area contributed by atoms with E-state index in [2.05, 4.69) is 30.9 Å². The Kier molecular flexibility index (Phi) is 2.44. The van der Waals surface area contributed by atoms with Crippen LogP contribution in [0.4, 0.5) is 0 Å². The van der Waals surface area contributed by atoms with Crippen LogP contribution in [-0.4, -0.2) is 15.0 Å². The molecule has 0 fully saturated rings. The standard InChI is InChI=1S/C19H12BrN3/c20-15-10-8-14(9-11-15)18-22-17(13-5-2-1-3-6-13)16-7-4-12-21-19(16)23-18/h1-12H/i1D,2D,3D,5D,6D. The summed E-state index contributed by atoms with van der Waals surface area (Å²) in [6.45, 7) is 0. The van der Waals surface area contributed by atoms with Crippen LogP contribution in [0.2, 0.25) is 0 Å². The van der Waals surface area contributed by atoms with E-state index in [1.807, 2.05) is 24.3 Å². The summed E-state index contributed by atoms with van der Waals surface area (Å²) in [6.07, 6.45) is 1.59. The number of fused-ring (bicyclic) bond motifs is 1. The van der Waals surface area contributed by atoms with Crippen LogP contribution in [0.25, 0.3) is 33.7 Å². The van der Waals surface area contributed by atoms with Crippen LogP contribution in [0.15, 0.2) is 77.3 Å². The molecule has 4 rings (SSSR count). The van der Waals surface area contributed by atoms with Crippen molar-refractivity contribution in [3.05, 3.63) is 77.3 Å². The van der Waals surface area contributed by atoms with Crippen molar-refractivity contribution in [2.24, 2.45) is 0 Å². The molecule has 0 aliphatic carbocycles. The first-order chi connectivity index (χ1) is 13.4. The van der Waals surface area contributed by atoms with E-state index >= 15 is 0 Å². The van der Waals surface area contributed by atoms with E-state index in [1.54, 1.807) is 18.3 Å². The van der Waals surface area contributed by atoms with Gasteiger partial charge in [-0.1, -0.05) is 58.3 Å². The van der Waals surface area contributed by atoms with Crippen LogP contribution < -0.4 is 0 Å². The van der Waals surface area contributed by atoms with Gasteiger partial charge in [-0.3, -0.25) is 0 Å². The number of benzene rings is 2. The molecule has 4 aromatic rings. The Bertz CT molecular complexity index is 1200. The van der Waals surface area contributed by atoms with E-state index in [0.29, 0.717) is 16.9 Å². The summed E-state index contributed by atoms with van der Waals surface area (Å²) in [7, 11) is 0. The number of aromatic nitrogens is 3. The van der Waals surface area contributed by atoms with Gasteiger partial charge in [0.1, 0.15) is 0 Å². The quantitative estimate of drug-likeness (QED) is 0.494. The van der Waals surface area contributed by atoms with Gasteiger partial charge in [-0.2, -0.15) is 0 Å². The molecular formula is C19H12BrN3. The molecule has 0 radical (unpaired) electrons. The van der Waals surface area contributed by atoms with Crippen LogP contribution in [-0.2, 0) is 0 Å². The Balaban J connectivity index is 2.09. The minimum Gasteiger partial charge on any atom is -0.236 e. The zero-order valence-corrected chi connectivity index (χ0v) is 13.3. The first-order valence-electron chi connectivity index (χ1n) is 9.34. The normalized spacial score (nSPS) is 13.9. The molecule has 0 atom stereocenters. The van der Waals surface area contributed by atoms with Crippen molar-refractivity contribution in [3.63, 3.8) is 0 Å². The van der Waals surface area contributed by atoms with Crippen molar-refractivity contribution in [2.75, 3.05) is 0 Å². The smallest absolute Gasteiger partial charge is 0.163 e. The Morgan fingerprint density at radius 2 is 1.65 bits per heavy atom. The summed E-state index contributed by atoms with van der Waals surface area (Å²) in [5.41, 5.74) is 1.40. The van der Waals surface area contributed by atoms with Gasteiger partial charge in [-0.25, -0.2) is 15.0 Å². The second-order valence-electron chi connectivity index (χ2n) is 4.78. The van der Waals surface area contributed by atoms with E-state index in [1.165, 1.54) is 0 Å². The molecule has 3 nitrogen and oxygen atoms in total. The first-order valence-corrected chi connectivity index (χ1v) is 7.63. The van der Waals surface area contributed by atoms with Crippen molar-refractivity contribution in [1.29, 1.82) is 0 Å². The van der Waals surface area contributed by atoms with Gasteiger partial charge in [-0.15, -0.1) is 0 Å². The molecule has 0 unspecified atom stereocenters. The highest BCUT2D eigenvalue weighted by Crippen LogP contribution is 2.28. The molecule has 0 N–H and O–H groups in total.